The van der Waals surface area contributed by atoms with E-state index >= 15 is 0 Å². The first-order valence-electron chi connectivity index (χ1n) is 10.1. The van der Waals surface area contributed by atoms with E-state index in [2.05, 4.69) is 14.7 Å². The number of carbonyl (C=O) groups is 2. The van der Waals surface area contributed by atoms with Crippen LogP contribution >= 0.6 is 11.5 Å². The summed E-state index contributed by atoms with van der Waals surface area (Å²) in [5, 5.41) is 13.1. The highest BCUT2D eigenvalue weighted by Gasteiger charge is 2.32. The molecule has 0 radical (unpaired) electrons. The van der Waals surface area contributed by atoms with E-state index in [1.165, 1.54) is 0 Å². The number of hydrogen-bond donors (Lipinski definition) is 2. The summed E-state index contributed by atoms with van der Waals surface area (Å²) in [7, 11) is 0. The molecule has 2 aromatic rings. The summed E-state index contributed by atoms with van der Waals surface area (Å²) in [5.74, 6) is 1.14. The first-order valence-corrected chi connectivity index (χ1v) is 10.9. The van der Waals surface area contributed by atoms with Crippen molar-refractivity contribution in [3.63, 3.8) is 0 Å². The highest BCUT2D eigenvalue weighted by molar-refractivity contribution is 7.09. The van der Waals surface area contributed by atoms with Crippen LogP contribution in [0.1, 0.15) is 69.0 Å². The molecule has 1 aliphatic rings. The van der Waals surface area contributed by atoms with Crippen molar-refractivity contribution in [1.29, 1.82) is 0 Å². The van der Waals surface area contributed by atoms with Gasteiger partial charge in [0.15, 0.2) is 0 Å². The number of likely N-dealkylation sites (tertiary alicyclic amines) is 1. The third-order valence-corrected chi connectivity index (χ3v) is 5.66. The van der Waals surface area contributed by atoms with Gasteiger partial charge in [0.2, 0.25) is 16.9 Å². The van der Waals surface area contributed by atoms with Gasteiger partial charge < -0.3 is 14.7 Å². The fraction of sp³-hybridized carbons (Fsp3) is 0.524. The van der Waals surface area contributed by atoms with Crippen LogP contribution in [0.4, 0.5) is 5.13 Å². The minimum atomic E-state index is -0.637. The number of anilines is 1. The van der Waals surface area contributed by atoms with Crippen LogP contribution < -0.4 is 10.1 Å². The molecule has 3 rings (SSSR count). The van der Waals surface area contributed by atoms with Crippen LogP contribution in [0.5, 0.6) is 5.75 Å². The van der Waals surface area contributed by atoms with Gasteiger partial charge in [-0.25, -0.2) is 4.98 Å². The average Bonchev–Trinajstić information content (AvgIpc) is 3.29. The van der Waals surface area contributed by atoms with Gasteiger partial charge in [-0.05, 0) is 25.5 Å². The number of benzene rings is 1. The van der Waals surface area contributed by atoms with Crippen LogP contribution in [0.15, 0.2) is 18.2 Å². The second kappa shape index (κ2) is 9.53. The maximum atomic E-state index is 12.5. The quantitative estimate of drug-likeness (QED) is 0.664. The second-order valence-electron chi connectivity index (χ2n) is 7.74. The van der Waals surface area contributed by atoms with Gasteiger partial charge in [0.05, 0.1) is 19.3 Å². The van der Waals surface area contributed by atoms with E-state index in [0.717, 1.165) is 22.7 Å². The zero-order valence-electron chi connectivity index (χ0n) is 17.7. The van der Waals surface area contributed by atoms with Crippen LogP contribution in [-0.4, -0.2) is 50.9 Å². The molecule has 0 aliphatic carbocycles. The summed E-state index contributed by atoms with van der Waals surface area (Å²) in [6.07, 6.45) is -0.300. The Bertz CT molecular complexity index is 912. The molecule has 0 saturated carbocycles. The second-order valence-corrected chi connectivity index (χ2v) is 8.49. The Morgan fingerprint density at radius 2 is 2.17 bits per heavy atom. The van der Waals surface area contributed by atoms with E-state index in [1.54, 1.807) is 11.8 Å². The molecule has 0 bridgehead atoms. The lowest BCUT2D eigenvalue weighted by atomic mass is 9.95. The van der Waals surface area contributed by atoms with Crippen LogP contribution in [0.3, 0.4) is 0 Å². The number of rotatable bonds is 8. The lowest BCUT2D eigenvalue weighted by molar-refractivity contribution is -0.131. The lowest BCUT2D eigenvalue weighted by Crippen LogP contribution is -2.34. The highest BCUT2D eigenvalue weighted by Crippen LogP contribution is 2.34. The standard InChI is InChI=1S/C21H28N4O4S/c1-5-29-17-8-14(6-7-16(17)13(4)26)15-9-19(28)25(10-15)11-18(27)22-21-23-20(12(2)3)24-30-21/h6-8,12-13,15,26H,5,9-11H2,1-4H3,(H,22,23,24,27)/t13?,15-/m0/s1. The molecule has 9 heteroatoms. The van der Waals surface area contributed by atoms with Crippen molar-refractivity contribution in [1.82, 2.24) is 14.3 Å². The molecule has 1 saturated heterocycles. The maximum Gasteiger partial charge on any atom is 0.245 e. The summed E-state index contributed by atoms with van der Waals surface area (Å²) < 4.78 is 9.88. The summed E-state index contributed by atoms with van der Waals surface area (Å²) in [4.78, 5) is 30.7. The van der Waals surface area contributed by atoms with Crippen molar-refractivity contribution in [3.8, 4) is 5.75 Å². The number of aliphatic hydroxyl groups is 1. The summed E-state index contributed by atoms with van der Waals surface area (Å²) in [5.41, 5.74) is 1.68. The molecule has 8 nitrogen and oxygen atoms in total. The Morgan fingerprint density at radius 1 is 1.40 bits per heavy atom. The summed E-state index contributed by atoms with van der Waals surface area (Å²) in [6, 6.07) is 5.65. The maximum absolute atomic E-state index is 12.5. The third kappa shape index (κ3) is 5.14. The van der Waals surface area contributed by atoms with E-state index in [1.807, 2.05) is 39.0 Å². The monoisotopic (exact) mass is 432 g/mol. The predicted octanol–water partition coefficient (Wildman–Crippen LogP) is 3.07. The van der Waals surface area contributed by atoms with Crippen LogP contribution in [0.25, 0.3) is 0 Å². The van der Waals surface area contributed by atoms with Gasteiger partial charge in [-0.15, -0.1) is 0 Å². The number of amides is 2. The van der Waals surface area contributed by atoms with Crippen LogP contribution in [0.2, 0.25) is 0 Å². The molecule has 2 atom stereocenters. The van der Waals surface area contributed by atoms with Crippen molar-refractivity contribution in [2.75, 3.05) is 25.0 Å². The van der Waals surface area contributed by atoms with Gasteiger partial charge in [0, 0.05) is 41.9 Å². The third-order valence-electron chi connectivity index (χ3n) is 5.01. The number of aliphatic hydroxyl groups excluding tert-OH is 1. The minimum absolute atomic E-state index is 0.0179. The number of carbonyl (C=O) groups excluding carboxylic acids is 2. The topological polar surface area (TPSA) is 105 Å². The van der Waals surface area contributed by atoms with Crippen LogP contribution in [0, 0.1) is 0 Å². The smallest absolute Gasteiger partial charge is 0.245 e. The van der Waals surface area contributed by atoms with Crippen molar-refractivity contribution in [2.24, 2.45) is 0 Å². The van der Waals surface area contributed by atoms with E-state index in [-0.39, 0.29) is 30.2 Å². The molecule has 0 spiro atoms. The van der Waals surface area contributed by atoms with Gasteiger partial charge in [-0.2, -0.15) is 4.37 Å². The van der Waals surface area contributed by atoms with Crippen molar-refractivity contribution in [3.05, 3.63) is 35.2 Å². The molecular weight excluding hydrogens is 404 g/mol. The molecule has 1 unspecified atom stereocenters. The van der Waals surface area contributed by atoms with Crippen LogP contribution in [-0.2, 0) is 9.59 Å². The fourth-order valence-corrected chi connectivity index (χ4v) is 4.16. The zero-order chi connectivity index (χ0) is 21.8. The Balaban J connectivity index is 1.64. The van der Waals surface area contributed by atoms with Crippen molar-refractivity contribution in [2.45, 2.75) is 52.1 Å². The number of aromatic nitrogens is 2. The van der Waals surface area contributed by atoms with Gasteiger partial charge in [-0.3, -0.25) is 14.9 Å². The Morgan fingerprint density at radius 3 is 2.80 bits per heavy atom. The molecule has 2 heterocycles. The van der Waals surface area contributed by atoms with Gasteiger partial charge in [-0.1, -0.05) is 26.0 Å². The molecule has 1 aromatic carbocycles. The Kier molecular flexibility index (Phi) is 7.04. The number of hydrogen-bond acceptors (Lipinski definition) is 7. The summed E-state index contributed by atoms with van der Waals surface area (Å²) >= 11 is 1.14. The summed E-state index contributed by atoms with van der Waals surface area (Å²) in [6.45, 7) is 8.49. The molecule has 30 heavy (non-hydrogen) atoms. The van der Waals surface area contributed by atoms with Gasteiger partial charge >= 0.3 is 0 Å². The Labute approximate surface area is 180 Å². The van der Waals surface area contributed by atoms with E-state index in [0.29, 0.717) is 36.3 Å². The molecular formula is C21H28N4O4S. The first kappa shape index (κ1) is 22.2. The number of nitrogens with one attached hydrogen (secondary N) is 1. The van der Waals surface area contributed by atoms with Gasteiger partial charge in [0.1, 0.15) is 11.6 Å². The average molecular weight is 433 g/mol. The molecule has 2 N–H and O–H groups in total. The van der Waals surface area contributed by atoms with Crippen molar-refractivity contribution >= 4 is 28.5 Å². The normalized spacial score (nSPS) is 17.5. The lowest BCUT2D eigenvalue weighted by Gasteiger charge is -2.18. The number of nitrogens with zero attached hydrogens (tertiary/aromatic N) is 3. The molecule has 2 amide bonds. The molecule has 162 valence electrons. The zero-order valence-corrected chi connectivity index (χ0v) is 18.5. The van der Waals surface area contributed by atoms with E-state index in [9.17, 15) is 14.7 Å². The highest BCUT2D eigenvalue weighted by atomic mass is 32.1. The van der Waals surface area contributed by atoms with E-state index in [4.69, 9.17) is 4.74 Å². The molecule has 1 fully saturated rings. The largest absolute Gasteiger partial charge is 0.493 e. The fourth-order valence-electron chi connectivity index (χ4n) is 3.43. The van der Waals surface area contributed by atoms with E-state index < -0.39 is 6.10 Å². The predicted molar refractivity (Wildman–Crippen MR) is 115 cm³/mol. The first-order chi connectivity index (χ1) is 14.3. The molecule has 1 aliphatic heterocycles. The minimum Gasteiger partial charge on any atom is -0.493 e. The molecule has 1 aromatic heterocycles. The van der Waals surface area contributed by atoms with Gasteiger partial charge in [0.25, 0.3) is 0 Å². The SMILES string of the molecule is CCOc1cc([C@H]2CC(=O)N(CC(=O)Nc3nc(C(C)C)ns3)C2)ccc1C(C)O. The number of ether oxygens (including phenoxy) is 1. The van der Waals surface area contributed by atoms with Crippen molar-refractivity contribution < 1.29 is 19.4 Å². The Hall–Kier alpha value is -2.52.